The summed E-state index contributed by atoms with van der Waals surface area (Å²) < 4.78 is 6.48. The number of hydrogen-bond donors (Lipinski definition) is 1. The first-order chi connectivity index (χ1) is 22.0. The number of aromatic nitrogens is 3. The van der Waals surface area contributed by atoms with Crippen LogP contribution in [0, 0.1) is 0 Å². The average Bonchev–Trinajstić information content (AvgIpc) is 3.61. The summed E-state index contributed by atoms with van der Waals surface area (Å²) >= 11 is 0. The highest BCUT2D eigenvalue weighted by atomic mass is 16.3. The lowest BCUT2D eigenvalue weighted by molar-refractivity contribution is 0.590. The molecule has 4 aromatic carbocycles. The predicted octanol–water partition coefficient (Wildman–Crippen LogP) is 11.6. The molecule has 5 heterocycles. The average molecular weight is 598 g/mol. The lowest BCUT2D eigenvalue weighted by Gasteiger charge is -2.21. The number of benzene rings is 4. The van der Waals surface area contributed by atoms with E-state index in [4.69, 9.17) is 14.4 Å². The molecule has 1 aliphatic rings. The molecule has 4 aromatic heterocycles. The van der Waals surface area contributed by atoms with Crippen molar-refractivity contribution in [1.29, 1.82) is 0 Å². The third-order valence-corrected chi connectivity index (χ3v) is 9.65. The fourth-order valence-electron chi connectivity index (χ4n) is 7.06. The van der Waals surface area contributed by atoms with Gasteiger partial charge in [-0.25, -0.2) is 9.97 Å². The molecule has 46 heavy (non-hydrogen) atoms. The van der Waals surface area contributed by atoms with Crippen LogP contribution in [0.25, 0.3) is 88.8 Å². The first-order valence-electron chi connectivity index (χ1n) is 16.1. The monoisotopic (exact) mass is 597 g/mol. The lowest BCUT2D eigenvalue weighted by Crippen LogP contribution is -2.11. The molecule has 9 rings (SSSR count). The Morgan fingerprint density at radius 3 is 1.65 bits per heavy atom. The molecule has 0 fully saturated rings. The van der Waals surface area contributed by atoms with Gasteiger partial charge in [0.25, 0.3) is 0 Å². The predicted molar refractivity (Wildman–Crippen MR) is 191 cm³/mol. The van der Waals surface area contributed by atoms with Gasteiger partial charge in [0.2, 0.25) is 0 Å². The van der Waals surface area contributed by atoms with Crippen molar-refractivity contribution in [1.82, 2.24) is 15.0 Å². The van der Waals surface area contributed by atoms with Crippen LogP contribution >= 0.6 is 0 Å². The first-order valence-corrected chi connectivity index (χ1v) is 16.1. The molecule has 0 unspecified atom stereocenters. The summed E-state index contributed by atoms with van der Waals surface area (Å²) in [5, 5.41) is 4.59. The Bertz CT molecular complexity index is 2550. The van der Waals surface area contributed by atoms with E-state index in [9.17, 15) is 0 Å². The zero-order chi connectivity index (χ0) is 31.5. The van der Waals surface area contributed by atoms with Crippen LogP contribution in [-0.4, -0.2) is 15.0 Å². The topological polar surface area (TPSA) is 54.7 Å². The number of fused-ring (bicyclic) bond motifs is 15. The van der Waals surface area contributed by atoms with Crippen molar-refractivity contribution in [2.45, 2.75) is 52.4 Å². The molecular formula is C42H35N3O. The number of furan rings is 1. The number of rotatable bonds is 0. The minimum Gasteiger partial charge on any atom is -0.456 e. The van der Waals surface area contributed by atoms with Crippen molar-refractivity contribution in [3.63, 3.8) is 0 Å². The zero-order valence-electron chi connectivity index (χ0n) is 27.0. The number of H-pyrrole nitrogens is 1. The fourth-order valence-corrected chi connectivity index (χ4v) is 7.06. The van der Waals surface area contributed by atoms with Gasteiger partial charge in [-0.15, -0.1) is 0 Å². The second kappa shape index (κ2) is 9.17. The highest BCUT2D eigenvalue weighted by Crippen LogP contribution is 2.44. The molecule has 1 N–H and O–H groups in total. The highest BCUT2D eigenvalue weighted by molar-refractivity contribution is 6.16. The van der Waals surface area contributed by atoms with Crippen molar-refractivity contribution in [3.8, 4) is 45.0 Å². The van der Waals surface area contributed by atoms with E-state index in [0.29, 0.717) is 0 Å². The van der Waals surface area contributed by atoms with Crippen LogP contribution in [0.4, 0.5) is 0 Å². The molecule has 8 aromatic rings. The molecule has 0 saturated heterocycles. The van der Waals surface area contributed by atoms with E-state index < -0.39 is 0 Å². The molecule has 224 valence electrons. The third kappa shape index (κ3) is 3.99. The number of nitrogens with zero attached hydrogens (tertiary/aromatic N) is 2. The van der Waals surface area contributed by atoms with Gasteiger partial charge in [0.05, 0.1) is 33.8 Å². The summed E-state index contributed by atoms with van der Waals surface area (Å²) in [4.78, 5) is 14.7. The molecule has 0 amide bonds. The molecule has 0 radical (unpaired) electrons. The molecule has 0 atom stereocenters. The zero-order valence-corrected chi connectivity index (χ0v) is 27.0. The Hall–Kier alpha value is -5.22. The summed E-state index contributed by atoms with van der Waals surface area (Å²) in [7, 11) is 0. The number of nitrogens with one attached hydrogen (secondary N) is 1. The Kier molecular flexibility index (Phi) is 5.41. The van der Waals surface area contributed by atoms with Crippen molar-refractivity contribution in [3.05, 3.63) is 108 Å². The molecule has 1 aliphatic heterocycles. The van der Waals surface area contributed by atoms with Crippen molar-refractivity contribution in [2.24, 2.45) is 0 Å². The minimum absolute atomic E-state index is 0.0470. The van der Waals surface area contributed by atoms with Crippen LogP contribution in [0.2, 0.25) is 0 Å². The molecule has 0 saturated carbocycles. The Balaban J connectivity index is 1.50. The Morgan fingerprint density at radius 2 is 1.04 bits per heavy atom. The summed E-state index contributed by atoms with van der Waals surface area (Å²) in [6, 6.07) is 34.8. The maximum absolute atomic E-state index is 6.48. The van der Waals surface area contributed by atoms with Gasteiger partial charge in [0.15, 0.2) is 0 Å². The van der Waals surface area contributed by atoms with Crippen LogP contribution in [-0.2, 0) is 10.8 Å². The number of pyridine rings is 2. The smallest absolute Gasteiger partial charge is 0.136 e. The van der Waals surface area contributed by atoms with Crippen molar-refractivity contribution in [2.75, 3.05) is 0 Å². The molecule has 0 spiro atoms. The van der Waals surface area contributed by atoms with Crippen LogP contribution in [0.5, 0.6) is 0 Å². The van der Waals surface area contributed by atoms with Gasteiger partial charge >= 0.3 is 0 Å². The second-order valence-electron chi connectivity index (χ2n) is 14.8. The molecule has 4 heteroatoms. The van der Waals surface area contributed by atoms with Crippen LogP contribution in [0.15, 0.2) is 101 Å². The SMILES string of the molecule is CC(C)(C)c1cc2c3[nH]c4c(cc(C(C)(C)C)cc4c3c1)-c1cccc(n1)-c1cc(cc3oc4ccccc4c13)-c1cccc-2n1. The first kappa shape index (κ1) is 27.1. The molecule has 4 nitrogen and oxygen atoms in total. The Labute approximate surface area is 268 Å². The lowest BCUT2D eigenvalue weighted by atomic mass is 9.83. The summed E-state index contributed by atoms with van der Waals surface area (Å²) in [6.45, 7) is 13.7. The van der Waals surface area contributed by atoms with Gasteiger partial charge in [-0.1, -0.05) is 71.9 Å². The van der Waals surface area contributed by atoms with Crippen LogP contribution in [0.3, 0.4) is 0 Å². The van der Waals surface area contributed by atoms with Gasteiger partial charge < -0.3 is 9.40 Å². The highest BCUT2D eigenvalue weighted by Gasteiger charge is 2.25. The van der Waals surface area contributed by atoms with E-state index >= 15 is 0 Å². The Morgan fingerprint density at radius 1 is 0.500 bits per heavy atom. The quantitative estimate of drug-likeness (QED) is 0.189. The second-order valence-corrected chi connectivity index (χ2v) is 14.8. The number of hydrogen-bond acceptors (Lipinski definition) is 3. The van der Waals surface area contributed by atoms with Gasteiger partial charge in [0.1, 0.15) is 11.2 Å². The van der Waals surface area contributed by atoms with Crippen molar-refractivity contribution < 1.29 is 4.42 Å². The van der Waals surface area contributed by atoms with Gasteiger partial charge in [-0.05, 0) is 88.7 Å². The van der Waals surface area contributed by atoms with E-state index in [-0.39, 0.29) is 10.8 Å². The van der Waals surface area contributed by atoms with Gasteiger partial charge in [-0.3, -0.25) is 0 Å². The maximum Gasteiger partial charge on any atom is 0.136 e. The molecule has 8 bridgehead atoms. The minimum atomic E-state index is -0.0520. The summed E-state index contributed by atoms with van der Waals surface area (Å²) in [5.41, 5.74) is 14.3. The third-order valence-electron chi connectivity index (χ3n) is 9.65. The van der Waals surface area contributed by atoms with E-state index in [1.807, 2.05) is 12.1 Å². The molecule has 0 aliphatic carbocycles. The normalized spacial score (nSPS) is 13.0. The van der Waals surface area contributed by atoms with E-state index in [1.165, 1.54) is 21.9 Å². The molecular weight excluding hydrogens is 562 g/mol. The maximum atomic E-state index is 6.48. The van der Waals surface area contributed by atoms with Crippen LogP contribution < -0.4 is 0 Å². The fraction of sp³-hybridized carbons (Fsp3) is 0.190. The number of aromatic amines is 1. The van der Waals surface area contributed by atoms with Crippen molar-refractivity contribution >= 4 is 43.7 Å². The standard InChI is InChI=1S/C42H35N3O/c1-41(2,3)24-19-27-28-20-25(42(4,5)6)22-31-35-15-10-13-33(44-35)29-17-23(18-37-38(29)26-11-7-8-16-36(26)46-37)32-12-9-14-34(43-32)30(21-24)39(27)45-40(28)31/h7-22,45H,1-6H3. The van der Waals surface area contributed by atoms with Gasteiger partial charge in [0, 0.05) is 43.8 Å². The van der Waals surface area contributed by atoms with E-state index in [0.717, 1.165) is 78.0 Å². The van der Waals surface area contributed by atoms with Gasteiger partial charge in [-0.2, -0.15) is 0 Å². The number of para-hydroxylation sites is 1. The summed E-state index contributed by atoms with van der Waals surface area (Å²) in [5.74, 6) is 0. The largest absolute Gasteiger partial charge is 0.456 e. The summed E-state index contributed by atoms with van der Waals surface area (Å²) in [6.07, 6.45) is 0. The van der Waals surface area contributed by atoms with Crippen LogP contribution in [0.1, 0.15) is 52.7 Å². The van der Waals surface area contributed by atoms with E-state index in [2.05, 4.69) is 131 Å². The van der Waals surface area contributed by atoms with E-state index in [1.54, 1.807) is 0 Å².